The molecular formula is C17H11Cl3N2O3. The van der Waals surface area contributed by atoms with E-state index in [-0.39, 0.29) is 17.5 Å². The van der Waals surface area contributed by atoms with Crippen molar-refractivity contribution in [2.24, 2.45) is 4.99 Å². The van der Waals surface area contributed by atoms with Crippen molar-refractivity contribution < 1.29 is 14.3 Å². The lowest BCUT2D eigenvalue weighted by Gasteiger charge is -2.04. The molecule has 0 spiro atoms. The summed E-state index contributed by atoms with van der Waals surface area (Å²) < 4.78 is 10.6. The lowest BCUT2D eigenvalue weighted by atomic mass is 10.2. The summed E-state index contributed by atoms with van der Waals surface area (Å²) in [6.45, 7) is 0. The van der Waals surface area contributed by atoms with Crippen molar-refractivity contribution >= 4 is 46.7 Å². The third kappa shape index (κ3) is 3.90. The van der Waals surface area contributed by atoms with Crippen LogP contribution in [-0.2, 0) is 0 Å². The molecule has 0 bridgehead atoms. The normalized spacial score (nSPS) is 11.2. The molecule has 3 aromatic rings. The van der Waals surface area contributed by atoms with Crippen molar-refractivity contribution in [1.29, 1.82) is 0 Å². The van der Waals surface area contributed by atoms with Crippen LogP contribution in [0.1, 0.15) is 5.69 Å². The zero-order chi connectivity index (χ0) is 18.0. The predicted octanol–water partition coefficient (Wildman–Crippen LogP) is 5.77. The van der Waals surface area contributed by atoms with Crippen LogP contribution >= 0.6 is 34.8 Å². The van der Waals surface area contributed by atoms with Crippen molar-refractivity contribution in [1.82, 2.24) is 4.98 Å². The number of hydrogen-bond donors (Lipinski definition) is 1. The second-order valence-electron chi connectivity index (χ2n) is 4.91. The summed E-state index contributed by atoms with van der Waals surface area (Å²) >= 11 is 18.0. The van der Waals surface area contributed by atoms with Crippen LogP contribution in [0.4, 0.5) is 5.69 Å². The molecule has 1 heterocycles. The van der Waals surface area contributed by atoms with Gasteiger partial charge in [0.25, 0.3) is 0 Å². The van der Waals surface area contributed by atoms with Gasteiger partial charge >= 0.3 is 5.95 Å². The molecule has 1 N–H and O–H groups in total. The first-order valence-corrected chi connectivity index (χ1v) is 8.14. The van der Waals surface area contributed by atoms with E-state index in [2.05, 4.69) is 9.98 Å². The summed E-state index contributed by atoms with van der Waals surface area (Å²) in [7, 11) is 1.51. The van der Waals surface area contributed by atoms with E-state index >= 15 is 0 Å². The molecule has 0 saturated heterocycles. The minimum Gasteiger partial charge on any atom is -0.496 e. The second-order valence-corrected chi connectivity index (χ2v) is 6.19. The maximum Gasteiger partial charge on any atom is 0.312 e. The molecule has 0 unspecified atom stereocenters. The second kappa shape index (κ2) is 7.35. The van der Waals surface area contributed by atoms with Crippen LogP contribution in [0.25, 0.3) is 11.5 Å². The molecule has 5 nitrogen and oxygen atoms in total. The third-order valence-electron chi connectivity index (χ3n) is 3.26. The summed E-state index contributed by atoms with van der Waals surface area (Å²) in [5, 5.41) is 11.4. The lowest BCUT2D eigenvalue weighted by Crippen LogP contribution is -1.89. The molecule has 128 valence electrons. The van der Waals surface area contributed by atoms with Gasteiger partial charge in [-0.15, -0.1) is 0 Å². The first-order chi connectivity index (χ1) is 12.0. The van der Waals surface area contributed by atoms with Gasteiger partial charge in [0.05, 0.1) is 29.6 Å². The Hall–Kier alpha value is -2.21. The van der Waals surface area contributed by atoms with Gasteiger partial charge in [0.15, 0.2) is 5.69 Å². The number of hydrogen-bond acceptors (Lipinski definition) is 5. The van der Waals surface area contributed by atoms with Crippen molar-refractivity contribution in [3.63, 3.8) is 0 Å². The molecule has 0 aliphatic heterocycles. The Morgan fingerprint density at radius 3 is 2.60 bits per heavy atom. The highest BCUT2D eigenvalue weighted by Crippen LogP contribution is 2.35. The molecule has 1 aromatic heterocycles. The smallest absolute Gasteiger partial charge is 0.312 e. The van der Waals surface area contributed by atoms with Crippen LogP contribution < -0.4 is 4.74 Å². The summed E-state index contributed by atoms with van der Waals surface area (Å²) in [6.07, 6.45) is 1.33. The number of aliphatic imine (C=N–C) groups is 1. The van der Waals surface area contributed by atoms with E-state index in [9.17, 15) is 5.11 Å². The Morgan fingerprint density at radius 1 is 1.12 bits per heavy atom. The van der Waals surface area contributed by atoms with Crippen molar-refractivity contribution in [3.05, 3.63) is 57.2 Å². The molecule has 0 atom stereocenters. The Balaban J connectivity index is 1.97. The molecule has 0 radical (unpaired) electrons. The first kappa shape index (κ1) is 17.6. The maximum absolute atomic E-state index is 9.97. The van der Waals surface area contributed by atoms with Crippen molar-refractivity contribution in [2.45, 2.75) is 0 Å². The molecular weight excluding hydrogens is 387 g/mol. The molecule has 0 fully saturated rings. The van der Waals surface area contributed by atoms with Gasteiger partial charge in [0, 0.05) is 10.0 Å². The number of oxazole rings is 1. The minimum absolute atomic E-state index is 0.132. The molecule has 0 aliphatic carbocycles. The number of rotatable bonds is 4. The van der Waals surface area contributed by atoms with Gasteiger partial charge in [-0.05, 0) is 36.4 Å². The Kier molecular flexibility index (Phi) is 5.18. The van der Waals surface area contributed by atoms with Gasteiger partial charge in [0.1, 0.15) is 5.75 Å². The summed E-state index contributed by atoms with van der Waals surface area (Å²) in [4.78, 5) is 8.40. The highest BCUT2D eigenvalue weighted by atomic mass is 35.5. The molecule has 0 amide bonds. The minimum atomic E-state index is -0.390. The van der Waals surface area contributed by atoms with Gasteiger partial charge in [0.2, 0.25) is 5.89 Å². The predicted molar refractivity (Wildman–Crippen MR) is 98.9 cm³/mol. The van der Waals surface area contributed by atoms with Gasteiger partial charge in [-0.1, -0.05) is 34.8 Å². The van der Waals surface area contributed by atoms with E-state index in [4.69, 9.17) is 44.0 Å². The van der Waals surface area contributed by atoms with E-state index in [0.29, 0.717) is 32.1 Å². The molecule has 0 aliphatic rings. The Bertz CT molecular complexity index is 954. The Morgan fingerprint density at radius 2 is 1.84 bits per heavy atom. The monoisotopic (exact) mass is 396 g/mol. The van der Waals surface area contributed by atoms with Crippen LogP contribution in [0.5, 0.6) is 11.7 Å². The van der Waals surface area contributed by atoms with Crippen LogP contribution in [0.15, 0.2) is 45.8 Å². The average Bonchev–Trinajstić information content (AvgIpc) is 2.96. The van der Waals surface area contributed by atoms with E-state index in [1.54, 1.807) is 36.4 Å². The molecule has 0 saturated carbocycles. The van der Waals surface area contributed by atoms with Gasteiger partial charge in [-0.25, -0.2) is 4.98 Å². The first-order valence-electron chi connectivity index (χ1n) is 7.00. The topological polar surface area (TPSA) is 67.9 Å². The van der Waals surface area contributed by atoms with Crippen molar-refractivity contribution in [2.75, 3.05) is 7.11 Å². The van der Waals surface area contributed by atoms with Crippen molar-refractivity contribution in [3.8, 4) is 23.1 Å². The SMILES string of the molecule is COc1ccc(Cl)cc1-c1nc(C=Nc2cc(Cl)ccc2Cl)c(O)o1. The maximum atomic E-state index is 9.97. The van der Waals surface area contributed by atoms with E-state index in [1.165, 1.54) is 13.3 Å². The summed E-state index contributed by atoms with van der Waals surface area (Å²) in [5.74, 6) is 0.265. The quantitative estimate of drug-likeness (QED) is 0.568. The number of ether oxygens (including phenoxy) is 1. The molecule has 25 heavy (non-hydrogen) atoms. The standard InChI is InChI=1S/C17H11Cl3N2O3/c1-24-15-5-3-9(18)6-11(15)16-22-14(17(23)25-16)8-21-13-7-10(19)2-4-12(13)20/h2-8,23H,1H3. The fraction of sp³-hybridized carbons (Fsp3) is 0.0588. The van der Waals surface area contributed by atoms with Crippen LogP contribution in [0.3, 0.4) is 0 Å². The number of benzene rings is 2. The number of methoxy groups -OCH3 is 1. The molecule has 3 rings (SSSR count). The van der Waals surface area contributed by atoms with Gasteiger partial charge < -0.3 is 14.3 Å². The highest BCUT2D eigenvalue weighted by molar-refractivity contribution is 6.35. The van der Waals surface area contributed by atoms with Crippen LogP contribution in [0.2, 0.25) is 15.1 Å². The largest absolute Gasteiger partial charge is 0.496 e. The van der Waals surface area contributed by atoms with E-state index < -0.39 is 0 Å². The highest BCUT2D eigenvalue weighted by Gasteiger charge is 2.16. The fourth-order valence-electron chi connectivity index (χ4n) is 2.09. The average molecular weight is 398 g/mol. The molecule has 2 aromatic carbocycles. The van der Waals surface area contributed by atoms with Gasteiger partial charge in [-0.2, -0.15) is 0 Å². The number of aromatic hydroxyl groups is 1. The third-order valence-corrected chi connectivity index (χ3v) is 4.05. The lowest BCUT2D eigenvalue weighted by molar-refractivity contribution is 0.336. The van der Waals surface area contributed by atoms with Crippen LogP contribution in [0, 0.1) is 0 Å². The molecule has 8 heteroatoms. The Labute approximate surface area is 158 Å². The number of nitrogens with zero attached hydrogens (tertiary/aromatic N) is 2. The zero-order valence-corrected chi connectivity index (χ0v) is 15.1. The van der Waals surface area contributed by atoms with E-state index in [0.717, 1.165) is 0 Å². The zero-order valence-electron chi connectivity index (χ0n) is 12.8. The van der Waals surface area contributed by atoms with Crippen LogP contribution in [-0.4, -0.2) is 23.4 Å². The number of halogens is 3. The summed E-state index contributed by atoms with van der Waals surface area (Å²) in [6, 6.07) is 9.86. The summed E-state index contributed by atoms with van der Waals surface area (Å²) in [5.41, 5.74) is 1.08. The van der Waals surface area contributed by atoms with Gasteiger partial charge in [-0.3, -0.25) is 4.99 Å². The van der Waals surface area contributed by atoms with E-state index in [1.807, 2.05) is 0 Å². The number of aromatic nitrogens is 1. The fourth-order valence-corrected chi connectivity index (χ4v) is 2.59.